The van der Waals surface area contributed by atoms with Crippen LogP contribution in [0.2, 0.25) is 0 Å². The Morgan fingerprint density at radius 1 is 0.722 bits per heavy atom. The molecule has 1 saturated heterocycles. The van der Waals surface area contributed by atoms with E-state index in [4.69, 9.17) is 26.8 Å². The standard InChI is InChI=1S/C31H61BO4/c1-6-10-13-16-19-22-25-34-26-31(9-4)29(28(33-5)30(32)36-31)35-27(23-20-17-14-11-7-2)24-21-18-15-12-8-3/h27-30H,6-26H2,1-5H3/t28-,29+,30-,31-/m1/s1. The van der Waals surface area contributed by atoms with Crippen LogP contribution in [0.3, 0.4) is 0 Å². The van der Waals surface area contributed by atoms with E-state index in [0.29, 0.717) is 6.61 Å². The minimum Gasteiger partial charge on any atom is -0.378 e. The molecule has 0 bridgehead atoms. The van der Waals surface area contributed by atoms with Gasteiger partial charge in [0.15, 0.2) is 0 Å². The summed E-state index contributed by atoms with van der Waals surface area (Å²) in [5.41, 5.74) is -0.537. The zero-order valence-corrected chi connectivity index (χ0v) is 24.9. The zero-order valence-electron chi connectivity index (χ0n) is 24.9. The lowest BCUT2D eigenvalue weighted by Gasteiger charge is -2.37. The highest BCUT2D eigenvalue weighted by atomic mass is 16.6. The molecule has 0 spiro atoms. The van der Waals surface area contributed by atoms with Gasteiger partial charge in [-0.25, -0.2) is 0 Å². The molecule has 4 atom stereocenters. The first-order valence-corrected chi connectivity index (χ1v) is 15.8. The summed E-state index contributed by atoms with van der Waals surface area (Å²) in [5, 5.41) is 0. The molecule has 0 unspecified atom stereocenters. The Balaban J connectivity index is 2.73. The average Bonchev–Trinajstić information content (AvgIpc) is 3.15. The number of rotatable bonds is 25. The molecule has 0 amide bonds. The lowest BCUT2D eigenvalue weighted by molar-refractivity contribution is -0.159. The van der Waals surface area contributed by atoms with Gasteiger partial charge >= 0.3 is 0 Å². The Kier molecular flexibility index (Phi) is 20.5. The minimum atomic E-state index is -0.537. The maximum atomic E-state index is 6.92. The van der Waals surface area contributed by atoms with Crippen molar-refractivity contribution in [2.24, 2.45) is 0 Å². The van der Waals surface area contributed by atoms with Crippen molar-refractivity contribution in [1.29, 1.82) is 0 Å². The fourth-order valence-corrected chi connectivity index (χ4v) is 5.51. The van der Waals surface area contributed by atoms with Gasteiger partial charge in [-0.2, -0.15) is 0 Å². The third kappa shape index (κ3) is 13.1. The summed E-state index contributed by atoms with van der Waals surface area (Å²) in [5.74, 6) is 0. The summed E-state index contributed by atoms with van der Waals surface area (Å²) in [4.78, 5) is 0. The van der Waals surface area contributed by atoms with Gasteiger partial charge in [-0.1, -0.05) is 124 Å². The van der Waals surface area contributed by atoms with E-state index in [1.807, 2.05) is 0 Å². The molecule has 0 aromatic rings. The molecule has 1 rings (SSSR count). The number of methoxy groups -OCH3 is 1. The maximum Gasteiger partial charge on any atom is 0.119 e. The summed E-state index contributed by atoms with van der Waals surface area (Å²) in [7, 11) is 8.17. The lowest BCUT2D eigenvalue weighted by Crippen LogP contribution is -2.50. The van der Waals surface area contributed by atoms with Crippen LogP contribution in [-0.2, 0) is 18.9 Å². The van der Waals surface area contributed by atoms with Gasteiger partial charge in [0, 0.05) is 19.7 Å². The molecular formula is C31H61BO4. The van der Waals surface area contributed by atoms with Gasteiger partial charge in [0.1, 0.15) is 25.7 Å². The second-order valence-corrected chi connectivity index (χ2v) is 11.1. The van der Waals surface area contributed by atoms with Crippen LogP contribution < -0.4 is 0 Å². The number of unbranched alkanes of at least 4 members (excludes halogenated alkanes) is 13. The average molecular weight is 509 g/mol. The molecule has 1 heterocycles. The summed E-state index contributed by atoms with van der Waals surface area (Å²) >= 11 is 0. The van der Waals surface area contributed by atoms with E-state index < -0.39 is 11.6 Å². The Bertz CT molecular complexity index is 477. The van der Waals surface area contributed by atoms with Gasteiger partial charge in [-0.3, -0.25) is 0 Å². The summed E-state index contributed by atoms with van der Waals surface area (Å²) < 4.78 is 25.4. The number of hydrogen-bond donors (Lipinski definition) is 0. The Morgan fingerprint density at radius 2 is 1.22 bits per heavy atom. The van der Waals surface area contributed by atoms with Crippen LogP contribution in [0.4, 0.5) is 0 Å². The first kappa shape index (κ1) is 33.9. The van der Waals surface area contributed by atoms with Gasteiger partial charge in [0.2, 0.25) is 0 Å². The second-order valence-electron chi connectivity index (χ2n) is 11.1. The van der Waals surface area contributed by atoms with Crippen LogP contribution in [0, 0.1) is 0 Å². The third-order valence-electron chi connectivity index (χ3n) is 7.97. The van der Waals surface area contributed by atoms with Crippen LogP contribution >= 0.6 is 0 Å². The Labute approximate surface area is 226 Å². The van der Waals surface area contributed by atoms with E-state index in [0.717, 1.165) is 32.3 Å². The van der Waals surface area contributed by atoms with Crippen molar-refractivity contribution in [3.63, 3.8) is 0 Å². The third-order valence-corrected chi connectivity index (χ3v) is 7.97. The molecule has 1 aliphatic heterocycles. The SMILES string of the molecule is [B][C@@H]1O[C@](CC)(COCCCCCCCC)[C@@H](OC(CCCCCCC)CCCCCCC)[C@H]1OC. The van der Waals surface area contributed by atoms with Crippen molar-refractivity contribution in [2.45, 2.75) is 180 Å². The monoisotopic (exact) mass is 508 g/mol. The number of hydrogen-bond acceptors (Lipinski definition) is 4. The topological polar surface area (TPSA) is 36.9 Å². The molecule has 0 saturated carbocycles. The maximum absolute atomic E-state index is 6.92. The highest BCUT2D eigenvalue weighted by Crippen LogP contribution is 2.38. The molecule has 0 aromatic carbocycles. The molecule has 212 valence electrons. The molecule has 1 fully saturated rings. The fourth-order valence-electron chi connectivity index (χ4n) is 5.51. The van der Waals surface area contributed by atoms with Gasteiger partial charge in [0.25, 0.3) is 0 Å². The van der Waals surface area contributed by atoms with E-state index in [2.05, 4.69) is 27.7 Å². The van der Waals surface area contributed by atoms with Crippen molar-refractivity contribution in [2.75, 3.05) is 20.3 Å². The molecular weight excluding hydrogens is 447 g/mol. The quantitative estimate of drug-likeness (QED) is 0.0915. The summed E-state index contributed by atoms with van der Waals surface area (Å²) in [6.45, 7) is 10.3. The molecule has 36 heavy (non-hydrogen) atoms. The largest absolute Gasteiger partial charge is 0.378 e. The van der Waals surface area contributed by atoms with Crippen LogP contribution in [-0.4, -0.2) is 58.1 Å². The van der Waals surface area contributed by atoms with Crippen molar-refractivity contribution in [3.05, 3.63) is 0 Å². The van der Waals surface area contributed by atoms with Crippen LogP contribution in [0.1, 0.15) is 150 Å². The van der Waals surface area contributed by atoms with Gasteiger partial charge < -0.3 is 18.9 Å². The highest BCUT2D eigenvalue weighted by molar-refractivity contribution is 6.11. The molecule has 2 radical (unpaired) electrons. The lowest BCUT2D eigenvalue weighted by atomic mass is 9.87. The first-order chi connectivity index (χ1) is 17.6. The van der Waals surface area contributed by atoms with Crippen LogP contribution in [0.15, 0.2) is 0 Å². The van der Waals surface area contributed by atoms with Crippen LogP contribution in [0.25, 0.3) is 0 Å². The predicted octanol–water partition coefficient (Wildman–Crippen LogP) is 8.53. The van der Waals surface area contributed by atoms with E-state index in [1.165, 1.54) is 96.3 Å². The highest BCUT2D eigenvalue weighted by Gasteiger charge is 2.54. The van der Waals surface area contributed by atoms with E-state index >= 15 is 0 Å². The van der Waals surface area contributed by atoms with E-state index in [1.54, 1.807) is 7.11 Å². The predicted molar refractivity (Wildman–Crippen MR) is 154 cm³/mol. The first-order valence-electron chi connectivity index (χ1n) is 15.8. The summed E-state index contributed by atoms with van der Waals surface area (Å²) in [6, 6.07) is -0.479. The van der Waals surface area contributed by atoms with E-state index in [-0.39, 0.29) is 18.3 Å². The van der Waals surface area contributed by atoms with Crippen molar-refractivity contribution in [3.8, 4) is 0 Å². The molecule has 1 aliphatic rings. The number of ether oxygens (including phenoxy) is 4. The van der Waals surface area contributed by atoms with Gasteiger partial charge in [-0.05, 0) is 25.7 Å². The zero-order chi connectivity index (χ0) is 26.5. The van der Waals surface area contributed by atoms with Crippen molar-refractivity contribution >= 4 is 7.85 Å². The van der Waals surface area contributed by atoms with E-state index in [9.17, 15) is 0 Å². The molecule has 0 N–H and O–H groups in total. The molecule has 0 aromatic heterocycles. The van der Waals surface area contributed by atoms with Crippen molar-refractivity contribution < 1.29 is 18.9 Å². The molecule has 4 nitrogen and oxygen atoms in total. The second kappa shape index (κ2) is 21.8. The Hall–Kier alpha value is -0.0951. The normalized spacial score (nSPS) is 24.2. The Morgan fingerprint density at radius 3 is 1.72 bits per heavy atom. The van der Waals surface area contributed by atoms with Gasteiger partial charge in [0.05, 0.1) is 12.7 Å². The summed E-state index contributed by atoms with van der Waals surface area (Å²) in [6.07, 6.45) is 23.3. The smallest absolute Gasteiger partial charge is 0.119 e. The molecule has 5 heteroatoms. The molecule has 0 aliphatic carbocycles. The van der Waals surface area contributed by atoms with Gasteiger partial charge in [-0.15, -0.1) is 0 Å². The van der Waals surface area contributed by atoms with Crippen molar-refractivity contribution in [1.82, 2.24) is 0 Å². The van der Waals surface area contributed by atoms with Crippen LogP contribution in [0.5, 0.6) is 0 Å². The fraction of sp³-hybridized carbons (Fsp3) is 1.00. The minimum absolute atomic E-state index is 0.191.